The number of aromatic nitrogens is 5. The molecule has 0 N–H and O–H groups in total. The van der Waals surface area contributed by atoms with Crippen molar-refractivity contribution in [2.24, 2.45) is 0 Å². The minimum Gasteiger partial charge on any atom is -0.373 e. The van der Waals surface area contributed by atoms with E-state index in [1.807, 2.05) is 30.8 Å². The summed E-state index contributed by atoms with van der Waals surface area (Å²) in [4.78, 5) is 14.1. The molecule has 0 bridgehead atoms. The van der Waals surface area contributed by atoms with E-state index in [0.29, 0.717) is 29.4 Å². The molecule has 5 rings (SSSR count). The highest BCUT2D eigenvalue weighted by atomic mass is 19.4. The standard InChI is InChI=1S/C25H28F3N5O/c1-14(25(26,27)28)4-7-20-24-22(30-15(2)16(3)31-24)11-21(32-20)17-8-9-34-23(10-17)18-12-29-33(13-18)19-5-6-19/h11-13,17,19,23H,1,4-10H2,2-3H3/t17-,23-/m0/s1. The van der Waals surface area contributed by atoms with Gasteiger partial charge in [-0.3, -0.25) is 9.67 Å². The normalized spacial score (nSPS) is 21.2. The highest BCUT2D eigenvalue weighted by Crippen LogP contribution is 2.40. The fourth-order valence-corrected chi connectivity index (χ4v) is 4.46. The summed E-state index contributed by atoms with van der Waals surface area (Å²) >= 11 is 0. The molecule has 0 unspecified atom stereocenters. The van der Waals surface area contributed by atoms with Crippen LogP contribution in [-0.2, 0) is 11.2 Å². The molecule has 2 atom stereocenters. The predicted molar refractivity (Wildman–Crippen MR) is 121 cm³/mol. The zero-order valence-electron chi connectivity index (χ0n) is 19.4. The Bertz CT molecular complexity index is 1230. The molecule has 1 aliphatic carbocycles. The molecule has 0 spiro atoms. The third-order valence-corrected chi connectivity index (χ3v) is 6.84. The van der Waals surface area contributed by atoms with E-state index in [4.69, 9.17) is 9.72 Å². The topological polar surface area (TPSA) is 65.7 Å². The van der Waals surface area contributed by atoms with Crippen LogP contribution in [0.3, 0.4) is 0 Å². The van der Waals surface area contributed by atoms with Crippen molar-refractivity contribution in [1.29, 1.82) is 0 Å². The smallest absolute Gasteiger partial charge is 0.373 e. The lowest BCUT2D eigenvalue weighted by molar-refractivity contribution is -0.0935. The fraction of sp³-hybridized carbons (Fsp3) is 0.520. The zero-order valence-corrected chi connectivity index (χ0v) is 19.4. The monoisotopic (exact) mass is 471 g/mol. The van der Waals surface area contributed by atoms with Crippen molar-refractivity contribution in [1.82, 2.24) is 24.7 Å². The summed E-state index contributed by atoms with van der Waals surface area (Å²) in [5.41, 5.74) is 4.46. The number of alkyl halides is 3. The van der Waals surface area contributed by atoms with Crippen LogP contribution in [0.15, 0.2) is 30.6 Å². The van der Waals surface area contributed by atoms with Gasteiger partial charge in [0.25, 0.3) is 0 Å². The molecule has 0 radical (unpaired) electrons. The molecule has 1 aliphatic heterocycles. The maximum absolute atomic E-state index is 13.0. The van der Waals surface area contributed by atoms with E-state index in [-0.39, 0.29) is 24.9 Å². The maximum Gasteiger partial charge on any atom is 0.412 e. The molecule has 6 nitrogen and oxygen atoms in total. The molecule has 9 heteroatoms. The van der Waals surface area contributed by atoms with Gasteiger partial charge in [0.05, 0.1) is 40.9 Å². The number of nitrogens with zero attached hydrogens (tertiary/aromatic N) is 5. The highest BCUT2D eigenvalue weighted by Gasteiger charge is 2.32. The van der Waals surface area contributed by atoms with Gasteiger partial charge < -0.3 is 4.74 Å². The van der Waals surface area contributed by atoms with Crippen LogP contribution in [0.5, 0.6) is 0 Å². The Morgan fingerprint density at radius 3 is 2.65 bits per heavy atom. The Morgan fingerprint density at radius 1 is 1.15 bits per heavy atom. The second-order valence-electron chi connectivity index (χ2n) is 9.42. The van der Waals surface area contributed by atoms with Crippen LogP contribution in [0, 0.1) is 13.8 Å². The van der Waals surface area contributed by atoms with Gasteiger partial charge in [-0.05, 0) is 58.4 Å². The van der Waals surface area contributed by atoms with Gasteiger partial charge in [0, 0.05) is 35.6 Å². The largest absolute Gasteiger partial charge is 0.412 e. The van der Waals surface area contributed by atoms with Crippen molar-refractivity contribution >= 4 is 11.0 Å². The van der Waals surface area contributed by atoms with E-state index < -0.39 is 11.7 Å². The molecular formula is C25H28F3N5O. The van der Waals surface area contributed by atoms with E-state index in [0.717, 1.165) is 35.5 Å². The highest BCUT2D eigenvalue weighted by molar-refractivity contribution is 5.77. The number of ether oxygens (including phenoxy) is 1. The molecule has 0 aromatic carbocycles. The van der Waals surface area contributed by atoms with Gasteiger partial charge in [0.2, 0.25) is 0 Å². The van der Waals surface area contributed by atoms with Crippen LogP contribution >= 0.6 is 0 Å². The van der Waals surface area contributed by atoms with Crippen molar-refractivity contribution in [2.45, 2.75) is 76.6 Å². The number of rotatable bonds is 6. The summed E-state index contributed by atoms with van der Waals surface area (Å²) in [6.45, 7) is 7.53. The third kappa shape index (κ3) is 4.71. The van der Waals surface area contributed by atoms with Crippen LogP contribution < -0.4 is 0 Å². The number of fused-ring (bicyclic) bond motifs is 1. The molecule has 1 saturated carbocycles. The molecule has 2 aliphatic rings. The molecule has 34 heavy (non-hydrogen) atoms. The quantitative estimate of drug-likeness (QED) is 0.422. The van der Waals surface area contributed by atoms with Crippen LogP contribution in [0.2, 0.25) is 0 Å². The minimum absolute atomic E-state index is 0.0805. The van der Waals surface area contributed by atoms with E-state index in [1.165, 1.54) is 12.8 Å². The maximum atomic E-state index is 13.0. The van der Waals surface area contributed by atoms with Gasteiger partial charge >= 0.3 is 6.18 Å². The predicted octanol–water partition coefficient (Wildman–Crippen LogP) is 5.86. The Morgan fingerprint density at radius 2 is 1.91 bits per heavy atom. The van der Waals surface area contributed by atoms with Gasteiger partial charge in [0.1, 0.15) is 5.52 Å². The number of allylic oxidation sites excluding steroid dienone is 1. The molecule has 3 aromatic rings. The molecule has 4 heterocycles. The number of hydrogen-bond donors (Lipinski definition) is 0. The average molecular weight is 472 g/mol. The molecular weight excluding hydrogens is 443 g/mol. The van der Waals surface area contributed by atoms with Crippen molar-refractivity contribution in [2.75, 3.05) is 6.61 Å². The number of pyridine rings is 1. The lowest BCUT2D eigenvalue weighted by Gasteiger charge is -2.29. The Labute approximate surface area is 196 Å². The number of hydrogen-bond acceptors (Lipinski definition) is 5. The first-order valence-electron chi connectivity index (χ1n) is 11.7. The minimum atomic E-state index is -4.41. The molecule has 2 fully saturated rings. The van der Waals surface area contributed by atoms with Crippen LogP contribution in [0.25, 0.3) is 11.0 Å². The van der Waals surface area contributed by atoms with Gasteiger partial charge in [-0.15, -0.1) is 0 Å². The van der Waals surface area contributed by atoms with Crippen LogP contribution in [-0.4, -0.2) is 37.5 Å². The fourth-order valence-electron chi connectivity index (χ4n) is 4.46. The summed E-state index contributed by atoms with van der Waals surface area (Å²) in [6.07, 6.45) is 3.21. The Balaban J connectivity index is 1.44. The van der Waals surface area contributed by atoms with Gasteiger partial charge in [-0.1, -0.05) is 6.58 Å². The SMILES string of the molecule is C=C(CCc1nc([C@H]2CCO[C@H](c3cnn(C4CC4)c3)C2)cc2nc(C)c(C)nc12)C(F)(F)F. The van der Waals surface area contributed by atoms with Crippen molar-refractivity contribution < 1.29 is 17.9 Å². The Kier molecular flexibility index (Phi) is 5.91. The van der Waals surface area contributed by atoms with Crippen LogP contribution in [0.4, 0.5) is 13.2 Å². The van der Waals surface area contributed by atoms with E-state index in [1.54, 1.807) is 0 Å². The zero-order chi connectivity index (χ0) is 24.0. The average Bonchev–Trinajstić information content (AvgIpc) is 3.54. The van der Waals surface area contributed by atoms with Gasteiger partial charge in [0.15, 0.2) is 0 Å². The second kappa shape index (κ2) is 8.76. The summed E-state index contributed by atoms with van der Waals surface area (Å²) in [5.74, 6) is 0.111. The number of aryl methyl sites for hydroxylation is 3. The summed E-state index contributed by atoms with van der Waals surface area (Å²) in [6, 6.07) is 2.45. The van der Waals surface area contributed by atoms with E-state index >= 15 is 0 Å². The molecule has 1 saturated heterocycles. The Hall–Kier alpha value is -2.81. The van der Waals surface area contributed by atoms with Gasteiger partial charge in [-0.2, -0.15) is 18.3 Å². The third-order valence-electron chi connectivity index (χ3n) is 6.84. The molecule has 0 amide bonds. The van der Waals surface area contributed by atoms with E-state index in [2.05, 4.69) is 27.8 Å². The molecule has 3 aromatic heterocycles. The van der Waals surface area contributed by atoms with Crippen LogP contribution in [0.1, 0.15) is 78.5 Å². The first-order valence-corrected chi connectivity index (χ1v) is 11.7. The number of halogens is 3. The summed E-state index contributed by atoms with van der Waals surface area (Å²) in [5, 5.41) is 4.49. The van der Waals surface area contributed by atoms with Crippen molar-refractivity contribution in [3.8, 4) is 0 Å². The van der Waals surface area contributed by atoms with Crippen molar-refractivity contribution in [3.05, 3.63) is 59.0 Å². The van der Waals surface area contributed by atoms with E-state index in [9.17, 15) is 13.2 Å². The second-order valence-corrected chi connectivity index (χ2v) is 9.42. The molecule has 180 valence electrons. The lowest BCUT2D eigenvalue weighted by Crippen LogP contribution is -2.20. The first kappa shape index (κ1) is 23.0. The summed E-state index contributed by atoms with van der Waals surface area (Å²) in [7, 11) is 0. The van der Waals surface area contributed by atoms with Crippen molar-refractivity contribution in [3.63, 3.8) is 0 Å². The summed E-state index contributed by atoms with van der Waals surface area (Å²) < 4.78 is 47.2. The lowest BCUT2D eigenvalue weighted by atomic mass is 9.89. The first-order chi connectivity index (χ1) is 16.2. The van der Waals surface area contributed by atoms with Gasteiger partial charge in [-0.25, -0.2) is 9.97 Å².